The molecule has 1 rings (SSSR count). The molecule has 0 fully saturated rings. The second-order valence-electron chi connectivity index (χ2n) is 5.97. The van der Waals surface area contributed by atoms with E-state index in [9.17, 15) is 9.59 Å². The molecule has 0 bridgehead atoms. The molecular formula is C16H23NO5. The van der Waals surface area contributed by atoms with Crippen LogP contribution in [0.15, 0.2) is 24.3 Å². The van der Waals surface area contributed by atoms with Crippen molar-refractivity contribution in [3.8, 4) is 5.75 Å². The van der Waals surface area contributed by atoms with Crippen LogP contribution in [0.2, 0.25) is 0 Å². The highest BCUT2D eigenvalue weighted by Gasteiger charge is 2.39. The molecule has 122 valence electrons. The van der Waals surface area contributed by atoms with E-state index in [2.05, 4.69) is 5.32 Å². The van der Waals surface area contributed by atoms with Crippen LogP contribution in [-0.4, -0.2) is 31.9 Å². The van der Waals surface area contributed by atoms with Crippen molar-refractivity contribution in [2.75, 3.05) is 14.2 Å². The number of nitrogens with one attached hydrogen (secondary N) is 1. The Balaban J connectivity index is 3.09. The van der Waals surface area contributed by atoms with E-state index in [4.69, 9.17) is 14.2 Å². The number of rotatable bonds is 4. The largest absolute Gasteiger partial charge is 0.497 e. The molecule has 1 N–H and O–H groups in total. The number of esters is 1. The quantitative estimate of drug-likeness (QED) is 0.865. The predicted molar refractivity (Wildman–Crippen MR) is 81.7 cm³/mol. The lowest BCUT2D eigenvalue weighted by molar-refractivity contribution is -0.148. The van der Waals surface area contributed by atoms with Crippen LogP contribution >= 0.6 is 0 Å². The zero-order valence-electron chi connectivity index (χ0n) is 13.9. The van der Waals surface area contributed by atoms with Gasteiger partial charge in [-0.3, -0.25) is 0 Å². The average molecular weight is 309 g/mol. The van der Waals surface area contributed by atoms with E-state index < -0.39 is 23.2 Å². The minimum absolute atomic E-state index is 0.561. The Morgan fingerprint density at radius 1 is 1.00 bits per heavy atom. The summed E-state index contributed by atoms with van der Waals surface area (Å²) in [6.45, 7) is 6.80. The molecule has 6 heteroatoms. The van der Waals surface area contributed by atoms with E-state index in [-0.39, 0.29) is 0 Å². The highest BCUT2D eigenvalue weighted by Crippen LogP contribution is 2.25. The Morgan fingerprint density at radius 2 is 1.55 bits per heavy atom. The van der Waals surface area contributed by atoms with Crippen LogP contribution in [0, 0.1) is 0 Å². The highest BCUT2D eigenvalue weighted by atomic mass is 16.6. The molecule has 1 aromatic carbocycles. The molecule has 1 amide bonds. The van der Waals surface area contributed by atoms with Crippen molar-refractivity contribution in [1.29, 1.82) is 0 Å². The summed E-state index contributed by atoms with van der Waals surface area (Å²) >= 11 is 0. The lowest BCUT2D eigenvalue weighted by Gasteiger charge is -2.30. The number of alkyl carbamates (subject to hydrolysis) is 1. The molecule has 0 aliphatic rings. The molecular weight excluding hydrogens is 286 g/mol. The second kappa shape index (κ2) is 6.68. The van der Waals surface area contributed by atoms with Crippen molar-refractivity contribution >= 4 is 12.1 Å². The van der Waals surface area contributed by atoms with E-state index in [1.807, 2.05) is 0 Å². The first kappa shape index (κ1) is 17.8. The Morgan fingerprint density at radius 3 is 1.95 bits per heavy atom. The van der Waals surface area contributed by atoms with Gasteiger partial charge in [0.15, 0.2) is 5.54 Å². The van der Waals surface area contributed by atoms with Gasteiger partial charge >= 0.3 is 12.1 Å². The minimum atomic E-state index is -1.36. The summed E-state index contributed by atoms with van der Waals surface area (Å²) in [7, 11) is 2.81. The van der Waals surface area contributed by atoms with Gasteiger partial charge in [-0.1, -0.05) is 12.1 Å². The molecule has 6 nitrogen and oxygen atoms in total. The van der Waals surface area contributed by atoms with Crippen molar-refractivity contribution in [1.82, 2.24) is 5.32 Å². The maximum Gasteiger partial charge on any atom is 0.408 e. The maximum absolute atomic E-state index is 12.2. The Bertz CT molecular complexity index is 532. The molecule has 0 radical (unpaired) electrons. The van der Waals surface area contributed by atoms with Gasteiger partial charge in [0.1, 0.15) is 11.4 Å². The summed E-state index contributed by atoms with van der Waals surface area (Å²) in [5.74, 6) is 0.0526. The molecule has 0 aromatic heterocycles. The van der Waals surface area contributed by atoms with Gasteiger partial charge in [0, 0.05) is 0 Å². The van der Waals surface area contributed by atoms with Gasteiger partial charge in [0.05, 0.1) is 14.2 Å². The van der Waals surface area contributed by atoms with Crippen molar-refractivity contribution in [2.24, 2.45) is 0 Å². The SMILES string of the molecule is COC(=O)[C@@](C)(NC(=O)OC(C)(C)C)c1ccc(OC)cc1. The van der Waals surface area contributed by atoms with E-state index in [1.54, 1.807) is 59.1 Å². The van der Waals surface area contributed by atoms with Crippen molar-refractivity contribution in [2.45, 2.75) is 38.8 Å². The number of benzene rings is 1. The molecule has 1 atom stereocenters. The second-order valence-corrected chi connectivity index (χ2v) is 5.97. The summed E-state index contributed by atoms with van der Waals surface area (Å²) in [6.07, 6.45) is -0.698. The van der Waals surface area contributed by atoms with Crippen LogP contribution in [0.4, 0.5) is 4.79 Å². The van der Waals surface area contributed by atoms with E-state index in [0.29, 0.717) is 11.3 Å². The minimum Gasteiger partial charge on any atom is -0.497 e. The zero-order chi connectivity index (χ0) is 17.0. The normalized spacial score (nSPS) is 13.7. The number of hydrogen-bond acceptors (Lipinski definition) is 5. The van der Waals surface area contributed by atoms with Gasteiger partial charge in [0.25, 0.3) is 0 Å². The number of methoxy groups -OCH3 is 2. The van der Waals surface area contributed by atoms with Gasteiger partial charge in [-0.05, 0) is 45.4 Å². The number of carbonyl (C=O) groups is 2. The molecule has 0 heterocycles. The third kappa shape index (κ3) is 4.38. The number of carbonyl (C=O) groups excluding carboxylic acids is 2. The standard InChI is InChI=1S/C16H23NO5/c1-15(2,3)22-14(19)17-16(4,13(18)21-6)11-7-9-12(20-5)10-8-11/h7-10H,1-6H3,(H,17,19)/t16-/m0/s1. The fraction of sp³-hybridized carbons (Fsp3) is 0.500. The molecule has 0 saturated heterocycles. The van der Waals surface area contributed by atoms with Gasteiger partial charge in [-0.25, -0.2) is 9.59 Å². The molecule has 22 heavy (non-hydrogen) atoms. The lowest BCUT2D eigenvalue weighted by Crippen LogP contribution is -2.51. The van der Waals surface area contributed by atoms with Crippen LogP contribution < -0.4 is 10.1 Å². The molecule has 0 spiro atoms. The topological polar surface area (TPSA) is 73.9 Å². The van der Waals surface area contributed by atoms with Crippen molar-refractivity contribution in [3.05, 3.63) is 29.8 Å². The maximum atomic E-state index is 12.2. The lowest BCUT2D eigenvalue weighted by atomic mass is 9.92. The van der Waals surface area contributed by atoms with E-state index in [1.165, 1.54) is 7.11 Å². The number of hydrogen-bond donors (Lipinski definition) is 1. The number of amides is 1. The van der Waals surface area contributed by atoms with Crippen LogP contribution in [0.25, 0.3) is 0 Å². The van der Waals surface area contributed by atoms with Gasteiger partial charge in [-0.15, -0.1) is 0 Å². The Kier molecular flexibility index (Phi) is 5.41. The molecule has 0 saturated carbocycles. The van der Waals surface area contributed by atoms with Gasteiger partial charge in [-0.2, -0.15) is 0 Å². The Hall–Kier alpha value is -2.24. The van der Waals surface area contributed by atoms with E-state index >= 15 is 0 Å². The molecule has 0 unspecified atom stereocenters. The van der Waals surface area contributed by atoms with Crippen LogP contribution in [0.1, 0.15) is 33.3 Å². The summed E-state index contributed by atoms with van der Waals surface area (Å²) in [5, 5.41) is 2.58. The van der Waals surface area contributed by atoms with Crippen LogP contribution in [0.3, 0.4) is 0 Å². The Labute approximate surface area is 130 Å². The number of ether oxygens (including phenoxy) is 3. The predicted octanol–water partition coefficient (Wildman–Crippen LogP) is 2.61. The molecule has 1 aromatic rings. The van der Waals surface area contributed by atoms with Crippen LogP contribution in [0.5, 0.6) is 5.75 Å². The van der Waals surface area contributed by atoms with Crippen molar-refractivity contribution < 1.29 is 23.8 Å². The first-order valence-electron chi connectivity index (χ1n) is 6.86. The smallest absolute Gasteiger partial charge is 0.408 e. The fourth-order valence-corrected chi connectivity index (χ4v) is 1.88. The first-order valence-corrected chi connectivity index (χ1v) is 6.86. The summed E-state index contributed by atoms with van der Waals surface area (Å²) in [5.41, 5.74) is -1.46. The third-order valence-electron chi connectivity index (χ3n) is 3.01. The molecule has 0 aliphatic carbocycles. The van der Waals surface area contributed by atoms with Crippen molar-refractivity contribution in [3.63, 3.8) is 0 Å². The summed E-state index contributed by atoms with van der Waals surface area (Å²) < 4.78 is 15.1. The summed E-state index contributed by atoms with van der Waals surface area (Å²) in [6, 6.07) is 6.78. The van der Waals surface area contributed by atoms with E-state index in [0.717, 1.165) is 0 Å². The average Bonchev–Trinajstić information content (AvgIpc) is 2.44. The van der Waals surface area contributed by atoms with Gasteiger partial charge < -0.3 is 19.5 Å². The fourth-order valence-electron chi connectivity index (χ4n) is 1.88. The first-order chi connectivity index (χ1) is 10.1. The molecule has 0 aliphatic heterocycles. The summed E-state index contributed by atoms with van der Waals surface area (Å²) in [4.78, 5) is 24.2. The third-order valence-corrected chi connectivity index (χ3v) is 3.01. The monoisotopic (exact) mass is 309 g/mol. The van der Waals surface area contributed by atoms with Gasteiger partial charge in [0.2, 0.25) is 0 Å². The van der Waals surface area contributed by atoms with Crippen LogP contribution in [-0.2, 0) is 19.8 Å². The zero-order valence-corrected chi connectivity index (χ0v) is 13.9. The highest BCUT2D eigenvalue weighted by molar-refractivity contribution is 5.86.